The largest absolute Gasteiger partial charge is 0.480 e. The van der Waals surface area contributed by atoms with Crippen LogP contribution in [0.5, 0.6) is 0 Å². The first-order valence-electron chi connectivity index (χ1n) is 6.88. The number of aliphatic carboxylic acids is 1. The lowest BCUT2D eigenvalue weighted by Crippen LogP contribution is -2.55. The molecule has 0 bridgehead atoms. The van der Waals surface area contributed by atoms with Crippen LogP contribution in [0.3, 0.4) is 0 Å². The number of carbonyl (C=O) groups is 2. The summed E-state index contributed by atoms with van der Waals surface area (Å²) in [6.07, 6.45) is 5.14. The zero-order chi connectivity index (χ0) is 15.5. The van der Waals surface area contributed by atoms with Gasteiger partial charge in [-0.3, -0.25) is 4.79 Å². The van der Waals surface area contributed by atoms with Crippen LogP contribution in [0.15, 0.2) is 23.1 Å². The molecular weight excluding hydrogens is 293 g/mol. The van der Waals surface area contributed by atoms with Crippen molar-refractivity contribution in [3.8, 4) is 0 Å². The zero-order valence-electron chi connectivity index (χ0n) is 11.8. The molecule has 1 saturated carbocycles. The van der Waals surface area contributed by atoms with Gasteiger partial charge in [-0.15, -0.1) is 11.8 Å². The van der Waals surface area contributed by atoms with E-state index in [1.807, 2.05) is 0 Å². The molecule has 4 nitrogen and oxygen atoms in total. The zero-order valence-corrected chi connectivity index (χ0v) is 12.6. The van der Waals surface area contributed by atoms with E-state index in [-0.39, 0.29) is 11.4 Å². The molecule has 1 aliphatic carbocycles. The van der Waals surface area contributed by atoms with E-state index in [4.69, 9.17) is 0 Å². The smallest absolute Gasteiger partial charge is 0.329 e. The third-order valence-electron chi connectivity index (χ3n) is 3.88. The maximum Gasteiger partial charge on any atom is 0.329 e. The van der Waals surface area contributed by atoms with Crippen LogP contribution in [0.4, 0.5) is 4.39 Å². The molecule has 1 aliphatic rings. The van der Waals surface area contributed by atoms with Gasteiger partial charge in [-0.25, -0.2) is 9.18 Å². The highest BCUT2D eigenvalue weighted by atomic mass is 32.2. The third-order valence-corrected chi connectivity index (χ3v) is 4.64. The highest BCUT2D eigenvalue weighted by molar-refractivity contribution is 7.98. The summed E-state index contributed by atoms with van der Waals surface area (Å²) in [6, 6.07) is 4.06. The molecule has 21 heavy (non-hydrogen) atoms. The van der Waals surface area contributed by atoms with Crippen LogP contribution in [-0.4, -0.2) is 28.8 Å². The molecule has 1 amide bonds. The summed E-state index contributed by atoms with van der Waals surface area (Å²) in [7, 11) is 0. The molecule has 6 heteroatoms. The number of carboxylic acids is 1. The quantitative estimate of drug-likeness (QED) is 0.839. The minimum Gasteiger partial charge on any atom is -0.480 e. The van der Waals surface area contributed by atoms with E-state index in [0.29, 0.717) is 17.7 Å². The number of carbonyl (C=O) groups excluding carboxylic acids is 1. The van der Waals surface area contributed by atoms with Gasteiger partial charge in [-0.1, -0.05) is 19.3 Å². The summed E-state index contributed by atoms with van der Waals surface area (Å²) in [5.74, 6) is -1.85. The van der Waals surface area contributed by atoms with Crippen LogP contribution in [0.25, 0.3) is 0 Å². The normalized spacial score (nSPS) is 17.2. The summed E-state index contributed by atoms with van der Waals surface area (Å²) >= 11 is 1.21. The minimum atomic E-state index is -1.19. The molecule has 2 N–H and O–H groups in total. The number of hydrogen-bond acceptors (Lipinski definition) is 3. The summed E-state index contributed by atoms with van der Waals surface area (Å²) in [5.41, 5.74) is -0.907. The van der Waals surface area contributed by atoms with Gasteiger partial charge >= 0.3 is 5.97 Å². The summed E-state index contributed by atoms with van der Waals surface area (Å²) < 4.78 is 13.4. The van der Waals surface area contributed by atoms with E-state index in [1.165, 1.54) is 30.0 Å². The number of carboxylic acid groups (broad SMARTS) is 1. The first kappa shape index (κ1) is 15.8. The van der Waals surface area contributed by atoms with Crippen molar-refractivity contribution in [2.45, 2.75) is 42.5 Å². The van der Waals surface area contributed by atoms with Crippen LogP contribution in [0, 0.1) is 5.82 Å². The number of thioether (sulfide) groups is 1. The Morgan fingerprint density at radius 3 is 2.52 bits per heavy atom. The first-order chi connectivity index (χ1) is 9.98. The fourth-order valence-corrected chi connectivity index (χ4v) is 3.15. The van der Waals surface area contributed by atoms with E-state index < -0.39 is 17.4 Å². The second-order valence-electron chi connectivity index (χ2n) is 5.25. The van der Waals surface area contributed by atoms with E-state index in [1.54, 1.807) is 6.26 Å². The molecule has 0 saturated heterocycles. The summed E-state index contributed by atoms with van der Waals surface area (Å²) in [6.45, 7) is 0. The maximum absolute atomic E-state index is 13.4. The molecule has 0 heterocycles. The summed E-state index contributed by atoms with van der Waals surface area (Å²) in [5, 5.41) is 12.1. The van der Waals surface area contributed by atoms with Crippen LogP contribution in [0.1, 0.15) is 42.5 Å². The van der Waals surface area contributed by atoms with Crippen LogP contribution >= 0.6 is 11.8 Å². The monoisotopic (exact) mass is 311 g/mol. The Hall–Kier alpha value is -1.56. The molecule has 0 spiro atoms. The van der Waals surface area contributed by atoms with Gasteiger partial charge in [-0.2, -0.15) is 0 Å². The van der Waals surface area contributed by atoms with Crippen LogP contribution in [-0.2, 0) is 4.79 Å². The van der Waals surface area contributed by atoms with Crippen molar-refractivity contribution in [1.82, 2.24) is 5.32 Å². The Balaban J connectivity index is 2.21. The fraction of sp³-hybridized carbons (Fsp3) is 0.467. The van der Waals surface area contributed by atoms with Gasteiger partial charge in [0.05, 0.1) is 0 Å². The highest BCUT2D eigenvalue weighted by Crippen LogP contribution is 2.29. The van der Waals surface area contributed by atoms with Crippen molar-refractivity contribution in [3.05, 3.63) is 29.6 Å². The van der Waals surface area contributed by atoms with E-state index >= 15 is 0 Å². The number of hydrogen-bond donors (Lipinski definition) is 2. The molecule has 0 aliphatic heterocycles. The van der Waals surface area contributed by atoms with E-state index in [9.17, 15) is 19.1 Å². The van der Waals surface area contributed by atoms with Gasteiger partial charge in [0.2, 0.25) is 0 Å². The van der Waals surface area contributed by atoms with Gasteiger partial charge in [0.1, 0.15) is 11.4 Å². The molecule has 1 aromatic rings. The van der Waals surface area contributed by atoms with Gasteiger partial charge < -0.3 is 10.4 Å². The maximum atomic E-state index is 13.4. The molecule has 2 rings (SSSR count). The lowest BCUT2D eigenvalue weighted by atomic mass is 9.81. The van der Waals surface area contributed by atoms with Crippen molar-refractivity contribution < 1.29 is 19.1 Å². The topological polar surface area (TPSA) is 66.4 Å². The van der Waals surface area contributed by atoms with Crippen LogP contribution < -0.4 is 5.32 Å². The van der Waals surface area contributed by atoms with Crippen molar-refractivity contribution in [2.24, 2.45) is 0 Å². The predicted molar refractivity (Wildman–Crippen MR) is 79.1 cm³/mol. The number of rotatable bonds is 4. The average Bonchev–Trinajstić information content (AvgIpc) is 2.48. The Labute approximate surface area is 127 Å². The lowest BCUT2D eigenvalue weighted by molar-refractivity contribution is -0.145. The van der Waals surface area contributed by atoms with E-state index in [0.717, 1.165) is 19.3 Å². The van der Waals surface area contributed by atoms with Gasteiger partial charge in [0.15, 0.2) is 0 Å². The molecule has 1 fully saturated rings. The molecule has 0 aromatic heterocycles. The minimum absolute atomic E-state index is 0.284. The molecular formula is C15H18FNO3S. The first-order valence-corrected chi connectivity index (χ1v) is 8.10. The average molecular weight is 311 g/mol. The Morgan fingerprint density at radius 2 is 1.95 bits per heavy atom. The Morgan fingerprint density at radius 1 is 1.29 bits per heavy atom. The highest BCUT2D eigenvalue weighted by Gasteiger charge is 2.41. The fourth-order valence-electron chi connectivity index (χ4n) is 2.64. The third kappa shape index (κ3) is 3.37. The van der Waals surface area contributed by atoms with Crippen molar-refractivity contribution in [2.75, 3.05) is 6.26 Å². The van der Waals surface area contributed by atoms with Crippen molar-refractivity contribution in [1.29, 1.82) is 0 Å². The Bertz CT molecular complexity index is 556. The summed E-state index contributed by atoms with van der Waals surface area (Å²) in [4.78, 5) is 24.2. The number of benzene rings is 1. The van der Waals surface area contributed by atoms with Gasteiger partial charge in [-0.05, 0) is 37.3 Å². The standard InChI is InChI=1S/C15H18FNO3S/c1-21-12-9-10(5-6-11(12)16)13(18)17-15(14(19)20)7-3-2-4-8-15/h5-6,9H,2-4,7-8H2,1H3,(H,17,18)(H,19,20). The van der Waals surface area contributed by atoms with Crippen molar-refractivity contribution >= 4 is 23.6 Å². The van der Waals surface area contributed by atoms with Gasteiger partial charge in [0.25, 0.3) is 5.91 Å². The molecule has 0 radical (unpaired) electrons. The molecule has 1 aromatic carbocycles. The Kier molecular flexibility index (Phi) is 4.88. The predicted octanol–water partition coefficient (Wildman–Crippen LogP) is 3.06. The number of halogens is 1. The molecule has 114 valence electrons. The van der Waals surface area contributed by atoms with E-state index in [2.05, 4.69) is 5.32 Å². The molecule has 0 unspecified atom stereocenters. The molecule has 0 atom stereocenters. The van der Waals surface area contributed by atoms with Crippen molar-refractivity contribution in [3.63, 3.8) is 0 Å². The number of amides is 1. The second kappa shape index (κ2) is 6.47. The lowest BCUT2D eigenvalue weighted by Gasteiger charge is -2.34. The van der Waals surface area contributed by atoms with Gasteiger partial charge in [0, 0.05) is 10.5 Å². The van der Waals surface area contributed by atoms with Crippen LogP contribution in [0.2, 0.25) is 0 Å². The number of nitrogens with one attached hydrogen (secondary N) is 1. The SMILES string of the molecule is CSc1cc(C(=O)NC2(C(=O)O)CCCCC2)ccc1F. The second-order valence-corrected chi connectivity index (χ2v) is 6.10.